The second-order valence-corrected chi connectivity index (χ2v) is 5.81. The van der Waals surface area contributed by atoms with Gasteiger partial charge in [0.05, 0.1) is 17.8 Å². The third-order valence-electron chi connectivity index (χ3n) is 4.03. The Kier molecular flexibility index (Phi) is 3.01. The maximum Gasteiger partial charge on any atom is 0.351 e. The molecule has 0 fully saturated rings. The average molecular weight is 304 g/mol. The standard InChI is InChI=1S/C18H16N4O/c1-12-6-7-16-14(9-12)10-13(2)17-20-21(18(23)22(16)17)11-15-5-3-4-8-19-15/h3-10H,11H2,1-2H3. The van der Waals surface area contributed by atoms with Gasteiger partial charge in [-0.05, 0) is 55.1 Å². The van der Waals surface area contributed by atoms with Crippen LogP contribution in [0.2, 0.25) is 0 Å². The number of rotatable bonds is 2. The van der Waals surface area contributed by atoms with E-state index in [0.29, 0.717) is 12.2 Å². The molecule has 0 amide bonds. The number of nitrogens with zero attached hydrogens (tertiary/aromatic N) is 4. The van der Waals surface area contributed by atoms with E-state index in [4.69, 9.17) is 0 Å². The first-order valence-corrected chi connectivity index (χ1v) is 7.53. The van der Waals surface area contributed by atoms with Crippen LogP contribution in [0.4, 0.5) is 0 Å². The van der Waals surface area contributed by atoms with Crippen molar-refractivity contribution in [2.45, 2.75) is 20.4 Å². The van der Waals surface area contributed by atoms with Gasteiger partial charge in [-0.2, -0.15) is 0 Å². The predicted octanol–water partition coefficient (Wildman–Crippen LogP) is 2.71. The minimum atomic E-state index is -0.136. The van der Waals surface area contributed by atoms with E-state index in [0.717, 1.165) is 22.2 Å². The maximum absolute atomic E-state index is 12.8. The van der Waals surface area contributed by atoms with Crippen molar-refractivity contribution in [1.29, 1.82) is 0 Å². The first-order chi connectivity index (χ1) is 11.1. The number of aromatic nitrogens is 4. The Morgan fingerprint density at radius 3 is 2.74 bits per heavy atom. The topological polar surface area (TPSA) is 52.2 Å². The van der Waals surface area contributed by atoms with E-state index in [1.165, 1.54) is 10.2 Å². The van der Waals surface area contributed by atoms with E-state index >= 15 is 0 Å². The largest absolute Gasteiger partial charge is 0.351 e. The number of aryl methyl sites for hydroxylation is 2. The molecule has 5 nitrogen and oxygen atoms in total. The van der Waals surface area contributed by atoms with Crippen LogP contribution in [0.15, 0.2) is 53.5 Å². The summed E-state index contributed by atoms with van der Waals surface area (Å²) >= 11 is 0. The highest BCUT2D eigenvalue weighted by atomic mass is 16.2. The highest BCUT2D eigenvalue weighted by molar-refractivity contribution is 5.83. The van der Waals surface area contributed by atoms with E-state index in [1.807, 2.05) is 44.2 Å². The third-order valence-corrected chi connectivity index (χ3v) is 4.03. The molecule has 0 aliphatic heterocycles. The van der Waals surface area contributed by atoms with Crippen LogP contribution in [0.5, 0.6) is 0 Å². The molecule has 0 aliphatic rings. The van der Waals surface area contributed by atoms with E-state index in [1.54, 1.807) is 10.6 Å². The fourth-order valence-electron chi connectivity index (χ4n) is 2.92. The summed E-state index contributed by atoms with van der Waals surface area (Å²) in [5, 5.41) is 5.56. The minimum absolute atomic E-state index is 0.136. The normalized spacial score (nSPS) is 11.4. The molecule has 0 unspecified atom stereocenters. The molecular formula is C18H16N4O. The van der Waals surface area contributed by atoms with Crippen molar-refractivity contribution >= 4 is 16.6 Å². The van der Waals surface area contributed by atoms with Crippen LogP contribution < -0.4 is 5.69 Å². The summed E-state index contributed by atoms with van der Waals surface area (Å²) < 4.78 is 3.16. The highest BCUT2D eigenvalue weighted by Gasteiger charge is 2.13. The molecule has 0 N–H and O–H groups in total. The molecular weight excluding hydrogens is 288 g/mol. The SMILES string of the molecule is Cc1ccc2c(c1)cc(C)c1nn(Cc3ccccn3)c(=O)n12. The molecule has 1 aromatic carbocycles. The fraction of sp³-hybridized carbons (Fsp3) is 0.167. The Balaban J connectivity index is 1.99. The smallest absolute Gasteiger partial charge is 0.259 e. The number of hydrogen-bond donors (Lipinski definition) is 0. The molecule has 0 spiro atoms. The van der Waals surface area contributed by atoms with Crippen molar-refractivity contribution in [3.63, 3.8) is 0 Å². The van der Waals surface area contributed by atoms with Gasteiger partial charge in [0, 0.05) is 6.20 Å². The molecule has 0 bridgehead atoms. The van der Waals surface area contributed by atoms with Gasteiger partial charge in [0.15, 0.2) is 5.65 Å². The second kappa shape index (κ2) is 5.05. The molecule has 0 saturated carbocycles. The average Bonchev–Trinajstić information content (AvgIpc) is 2.86. The molecule has 0 saturated heterocycles. The molecule has 0 aliphatic carbocycles. The lowest BCUT2D eigenvalue weighted by Gasteiger charge is -2.04. The quantitative estimate of drug-likeness (QED) is 0.572. The van der Waals surface area contributed by atoms with Crippen LogP contribution >= 0.6 is 0 Å². The van der Waals surface area contributed by atoms with Crippen LogP contribution in [-0.4, -0.2) is 19.2 Å². The monoisotopic (exact) mass is 304 g/mol. The molecule has 0 radical (unpaired) electrons. The molecule has 0 atom stereocenters. The fourth-order valence-corrected chi connectivity index (χ4v) is 2.92. The van der Waals surface area contributed by atoms with E-state index in [2.05, 4.69) is 22.2 Å². The van der Waals surface area contributed by atoms with E-state index in [-0.39, 0.29) is 5.69 Å². The van der Waals surface area contributed by atoms with E-state index in [9.17, 15) is 4.79 Å². The Hall–Kier alpha value is -2.95. The molecule has 4 aromatic rings. The van der Waals surface area contributed by atoms with Gasteiger partial charge >= 0.3 is 5.69 Å². The summed E-state index contributed by atoms with van der Waals surface area (Å²) in [7, 11) is 0. The van der Waals surface area contributed by atoms with Gasteiger partial charge in [-0.15, -0.1) is 5.10 Å². The van der Waals surface area contributed by atoms with Gasteiger partial charge in [-0.3, -0.25) is 4.98 Å². The molecule has 23 heavy (non-hydrogen) atoms. The molecule has 5 heteroatoms. The van der Waals surface area contributed by atoms with Crippen molar-refractivity contribution in [3.8, 4) is 0 Å². The van der Waals surface area contributed by atoms with Crippen LogP contribution in [0.3, 0.4) is 0 Å². The number of hydrogen-bond acceptors (Lipinski definition) is 3. The van der Waals surface area contributed by atoms with Gasteiger partial charge in [0.25, 0.3) is 0 Å². The number of pyridine rings is 2. The zero-order valence-electron chi connectivity index (χ0n) is 13.0. The lowest BCUT2D eigenvalue weighted by molar-refractivity contribution is 0.647. The summed E-state index contributed by atoms with van der Waals surface area (Å²) in [6.07, 6.45) is 1.72. The number of fused-ring (bicyclic) bond motifs is 3. The van der Waals surface area contributed by atoms with Gasteiger partial charge in [0.1, 0.15) is 0 Å². The lowest BCUT2D eigenvalue weighted by Crippen LogP contribution is -2.22. The van der Waals surface area contributed by atoms with Crippen molar-refractivity contribution in [3.05, 3.63) is 76.0 Å². The van der Waals surface area contributed by atoms with Gasteiger partial charge in [-0.25, -0.2) is 13.9 Å². The summed E-state index contributed by atoms with van der Waals surface area (Å²) in [4.78, 5) is 17.1. The summed E-state index contributed by atoms with van der Waals surface area (Å²) in [5.41, 5.74) is 4.42. The van der Waals surface area contributed by atoms with E-state index < -0.39 is 0 Å². The summed E-state index contributed by atoms with van der Waals surface area (Å²) in [5.74, 6) is 0. The van der Waals surface area contributed by atoms with Crippen LogP contribution in [0.25, 0.3) is 16.6 Å². The van der Waals surface area contributed by atoms with Crippen molar-refractivity contribution < 1.29 is 0 Å². The number of benzene rings is 1. The van der Waals surface area contributed by atoms with Crippen molar-refractivity contribution in [2.75, 3.05) is 0 Å². The van der Waals surface area contributed by atoms with Crippen LogP contribution in [0, 0.1) is 13.8 Å². The first kappa shape index (κ1) is 13.7. The zero-order valence-corrected chi connectivity index (χ0v) is 13.0. The Morgan fingerprint density at radius 2 is 1.96 bits per heavy atom. The van der Waals surface area contributed by atoms with Gasteiger partial charge in [-0.1, -0.05) is 17.7 Å². The summed E-state index contributed by atoms with van der Waals surface area (Å²) in [6, 6.07) is 13.8. The van der Waals surface area contributed by atoms with Crippen molar-refractivity contribution in [2.24, 2.45) is 0 Å². The van der Waals surface area contributed by atoms with Crippen LogP contribution in [0.1, 0.15) is 16.8 Å². The second-order valence-electron chi connectivity index (χ2n) is 5.81. The highest BCUT2D eigenvalue weighted by Crippen LogP contribution is 2.19. The Labute approximate surface area is 132 Å². The maximum atomic E-state index is 12.8. The predicted molar refractivity (Wildman–Crippen MR) is 89.8 cm³/mol. The minimum Gasteiger partial charge on any atom is -0.259 e. The van der Waals surface area contributed by atoms with Crippen LogP contribution in [-0.2, 0) is 6.54 Å². The molecule has 3 heterocycles. The van der Waals surface area contributed by atoms with Gasteiger partial charge < -0.3 is 0 Å². The van der Waals surface area contributed by atoms with Crippen molar-refractivity contribution in [1.82, 2.24) is 19.2 Å². The Morgan fingerprint density at radius 1 is 1.09 bits per heavy atom. The summed E-state index contributed by atoms with van der Waals surface area (Å²) in [6.45, 7) is 4.40. The molecule has 114 valence electrons. The Bertz CT molecular complexity index is 1080. The van der Waals surface area contributed by atoms with Gasteiger partial charge in [0.2, 0.25) is 0 Å². The third kappa shape index (κ3) is 2.21. The first-order valence-electron chi connectivity index (χ1n) is 7.53. The zero-order chi connectivity index (χ0) is 16.0. The lowest BCUT2D eigenvalue weighted by atomic mass is 10.1. The molecule has 3 aromatic heterocycles. The molecule has 4 rings (SSSR count).